The Balaban J connectivity index is 2.20. The van der Waals surface area contributed by atoms with Gasteiger partial charge in [0.05, 0.1) is 19.3 Å². The summed E-state index contributed by atoms with van der Waals surface area (Å²) in [7, 11) is 0. The molecule has 0 radical (unpaired) electrons. The zero-order chi connectivity index (χ0) is 10.9. The first-order valence-corrected chi connectivity index (χ1v) is 5.60. The molecule has 0 aliphatic carbocycles. The van der Waals surface area contributed by atoms with Crippen LogP contribution >= 0.6 is 0 Å². The highest BCUT2D eigenvalue weighted by atomic mass is 16.5. The van der Waals surface area contributed by atoms with E-state index in [9.17, 15) is 0 Å². The van der Waals surface area contributed by atoms with Crippen LogP contribution < -0.4 is 0 Å². The molecule has 0 aliphatic heterocycles. The van der Waals surface area contributed by atoms with Gasteiger partial charge in [0, 0.05) is 6.61 Å². The molecule has 1 unspecified atom stereocenters. The number of hydrogen-bond acceptors (Lipinski definition) is 2. The van der Waals surface area contributed by atoms with Crippen LogP contribution in [0.4, 0.5) is 0 Å². The third-order valence-corrected chi connectivity index (χ3v) is 2.27. The van der Waals surface area contributed by atoms with E-state index in [-0.39, 0.29) is 6.10 Å². The second kappa shape index (κ2) is 7.43. The third kappa shape index (κ3) is 4.96. The maximum absolute atomic E-state index is 5.60. The summed E-state index contributed by atoms with van der Waals surface area (Å²) in [5.74, 6) is 0. The Labute approximate surface area is 92.2 Å². The summed E-state index contributed by atoms with van der Waals surface area (Å²) in [6.45, 7) is 6.24. The molecule has 0 bridgehead atoms. The van der Waals surface area contributed by atoms with Gasteiger partial charge in [0.15, 0.2) is 0 Å². The van der Waals surface area contributed by atoms with Crippen LogP contribution in [-0.4, -0.2) is 19.3 Å². The highest BCUT2D eigenvalue weighted by Crippen LogP contribution is 2.03. The lowest BCUT2D eigenvalue weighted by molar-refractivity contribution is -0.0184. The van der Waals surface area contributed by atoms with Crippen LogP contribution in [-0.2, 0) is 16.1 Å². The van der Waals surface area contributed by atoms with Crippen LogP contribution in [0.25, 0.3) is 0 Å². The molecule has 0 saturated carbocycles. The second-order valence-electron chi connectivity index (χ2n) is 3.49. The van der Waals surface area contributed by atoms with E-state index in [1.807, 2.05) is 25.1 Å². The summed E-state index contributed by atoms with van der Waals surface area (Å²) >= 11 is 0. The Morgan fingerprint density at radius 2 is 1.87 bits per heavy atom. The van der Waals surface area contributed by atoms with Crippen molar-refractivity contribution in [3.63, 3.8) is 0 Å². The van der Waals surface area contributed by atoms with E-state index < -0.39 is 0 Å². The molecule has 0 fully saturated rings. The summed E-state index contributed by atoms with van der Waals surface area (Å²) in [6.07, 6.45) is 1.24. The van der Waals surface area contributed by atoms with E-state index in [1.54, 1.807) is 0 Å². The normalized spacial score (nSPS) is 12.7. The van der Waals surface area contributed by atoms with E-state index in [4.69, 9.17) is 9.47 Å². The highest BCUT2D eigenvalue weighted by molar-refractivity contribution is 5.13. The SMILES string of the molecule is CCOC(CC)COCc1ccccc1. The third-order valence-electron chi connectivity index (χ3n) is 2.27. The maximum Gasteiger partial charge on any atom is 0.0805 e. The van der Waals surface area contributed by atoms with Crippen molar-refractivity contribution in [2.45, 2.75) is 33.0 Å². The molecule has 0 saturated heterocycles. The predicted molar refractivity (Wildman–Crippen MR) is 61.8 cm³/mol. The molecular formula is C13H20O2. The molecule has 15 heavy (non-hydrogen) atoms. The monoisotopic (exact) mass is 208 g/mol. The minimum atomic E-state index is 0.235. The number of benzene rings is 1. The van der Waals surface area contributed by atoms with Gasteiger partial charge in [0.2, 0.25) is 0 Å². The minimum Gasteiger partial charge on any atom is -0.376 e. The summed E-state index contributed by atoms with van der Waals surface area (Å²) in [5, 5.41) is 0. The fourth-order valence-electron chi connectivity index (χ4n) is 1.40. The van der Waals surface area contributed by atoms with Crippen molar-refractivity contribution in [2.75, 3.05) is 13.2 Å². The molecule has 1 aromatic rings. The molecule has 0 aliphatic rings. The van der Waals surface area contributed by atoms with Crippen LogP contribution in [0, 0.1) is 0 Å². The van der Waals surface area contributed by atoms with Crippen molar-refractivity contribution in [3.8, 4) is 0 Å². The first kappa shape index (κ1) is 12.2. The molecule has 0 aromatic heterocycles. The Morgan fingerprint density at radius 1 is 1.13 bits per heavy atom. The van der Waals surface area contributed by atoms with Crippen LogP contribution in [0.1, 0.15) is 25.8 Å². The smallest absolute Gasteiger partial charge is 0.0805 e. The molecule has 1 aromatic carbocycles. The van der Waals surface area contributed by atoms with Gasteiger partial charge in [-0.05, 0) is 18.9 Å². The number of ether oxygens (including phenoxy) is 2. The minimum absolute atomic E-state index is 0.235. The Bertz CT molecular complexity index is 246. The van der Waals surface area contributed by atoms with E-state index in [0.717, 1.165) is 13.0 Å². The molecule has 2 heteroatoms. The quantitative estimate of drug-likeness (QED) is 0.685. The van der Waals surface area contributed by atoms with Gasteiger partial charge < -0.3 is 9.47 Å². The van der Waals surface area contributed by atoms with Crippen LogP contribution in [0.15, 0.2) is 30.3 Å². The Hall–Kier alpha value is -0.860. The number of rotatable bonds is 7. The summed E-state index contributed by atoms with van der Waals surface area (Å²) in [4.78, 5) is 0. The maximum atomic E-state index is 5.60. The molecule has 0 amide bonds. The fraction of sp³-hybridized carbons (Fsp3) is 0.538. The van der Waals surface area contributed by atoms with E-state index >= 15 is 0 Å². The molecule has 0 spiro atoms. The fourth-order valence-corrected chi connectivity index (χ4v) is 1.40. The molecule has 1 rings (SSSR count). The van der Waals surface area contributed by atoms with Crippen molar-refractivity contribution < 1.29 is 9.47 Å². The van der Waals surface area contributed by atoms with Crippen LogP contribution in [0.3, 0.4) is 0 Å². The van der Waals surface area contributed by atoms with Gasteiger partial charge in [-0.15, -0.1) is 0 Å². The van der Waals surface area contributed by atoms with Gasteiger partial charge in [-0.25, -0.2) is 0 Å². The van der Waals surface area contributed by atoms with E-state index in [2.05, 4.69) is 19.1 Å². The molecule has 1 atom stereocenters. The van der Waals surface area contributed by atoms with Gasteiger partial charge in [-0.1, -0.05) is 37.3 Å². The second-order valence-corrected chi connectivity index (χ2v) is 3.49. The summed E-state index contributed by atoms with van der Waals surface area (Å²) in [6, 6.07) is 10.2. The average molecular weight is 208 g/mol. The Kier molecular flexibility index (Phi) is 6.05. The molecular weight excluding hydrogens is 188 g/mol. The predicted octanol–water partition coefficient (Wildman–Crippen LogP) is 3.02. The largest absolute Gasteiger partial charge is 0.376 e. The molecule has 0 heterocycles. The number of hydrogen-bond donors (Lipinski definition) is 0. The lowest BCUT2D eigenvalue weighted by atomic mass is 10.2. The Morgan fingerprint density at radius 3 is 2.47 bits per heavy atom. The lowest BCUT2D eigenvalue weighted by Gasteiger charge is -2.14. The topological polar surface area (TPSA) is 18.5 Å². The zero-order valence-electron chi connectivity index (χ0n) is 9.61. The van der Waals surface area contributed by atoms with Crippen LogP contribution in [0.2, 0.25) is 0 Å². The van der Waals surface area contributed by atoms with Gasteiger partial charge in [0.1, 0.15) is 0 Å². The van der Waals surface area contributed by atoms with Gasteiger partial charge in [-0.3, -0.25) is 0 Å². The van der Waals surface area contributed by atoms with Crippen LogP contribution in [0.5, 0.6) is 0 Å². The van der Waals surface area contributed by atoms with E-state index in [0.29, 0.717) is 13.2 Å². The first-order valence-electron chi connectivity index (χ1n) is 5.60. The van der Waals surface area contributed by atoms with Gasteiger partial charge in [-0.2, -0.15) is 0 Å². The average Bonchev–Trinajstić information content (AvgIpc) is 2.29. The van der Waals surface area contributed by atoms with Crippen molar-refractivity contribution in [3.05, 3.63) is 35.9 Å². The van der Waals surface area contributed by atoms with Crippen molar-refractivity contribution in [1.82, 2.24) is 0 Å². The van der Waals surface area contributed by atoms with Crippen molar-refractivity contribution in [1.29, 1.82) is 0 Å². The van der Waals surface area contributed by atoms with Gasteiger partial charge in [0.25, 0.3) is 0 Å². The molecule has 2 nitrogen and oxygen atoms in total. The highest BCUT2D eigenvalue weighted by Gasteiger charge is 2.04. The van der Waals surface area contributed by atoms with Gasteiger partial charge >= 0.3 is 0 Å². The van der Waals surface area contributed by atoms with Crippen molar-refractivity contribution >= 4 is 0 Å². The molecule has 0 N–H and O–H groups in total. The lowest BCUT2D eigenvalue weighted by Crippen LogP contribution is -2.18. The van der Waals surface area contributed by atoms with Crippen molar-refractivity contribution in [2.24, 2.45) is 0 Å². The first-order chi connectivity index (χ1) is 7.36. The van der Waals surface area contributed by atoms with E-state index in [1.165, 1.54) is 5.56 Å². The zero-order valence-corrected chi connectivity index (χ0v) is 9.61. The standard InChI is InChI=1S/C13H20O2/c1-3-13(15-4-2)11-14-10-12-8-6-5-7-9-12/h5-9,13H,3-4,10-11H2,1-2H3. The summed E-state index contributed by atoms with van der Waals surface area (Å²) in [5.41, 5.74) is 1.21. The molecule has 84 valence electrons. The summed E-state index contributed by atoms with van der Waals surface area (Å²) < 4.78 is 11.1.